The van der Waals surface area contributed by atoms with Crippen LogP contribution in [0, 0.1) is 11.3 Å². The van der Waals surface area contributed by atoms with E-state index in [1.54, 1.807) is 12.1 Å². The van der Waals surface area contributed by atoms with Crippen molar-refractivity contribution in [3.8, 4) is 5.75 Å². The largest absolute Gasteiger partial charge is 0.418 e. The summed E-state index contributed by atoms with van der Waals surface area (Å²) in [5, 5.41) is 20.0. The van der Waals surface area contributed by atoms with Crippen molar-refractivity contribution >= 4 is 17.1 Å². The van der Waals surface area contributed by atoms with Crippen molar-refractivity contribution in [2.24, 2.45) is 11.3 Å². The van der Waals surface area contributed by atoms with E-state index in [0.29, 0.717) is 24.5 Å². The Morgan fingerprint density at radius 2 is 2.03 bits per heavy atom. The van der Waals surface area contributed by atoms with Gasteiger partial charge in [-0.2, -0.15) is 0 Å². The highest BCUT2D eigenvalue weighted by Gasteiger charge is 2.46. The third-order valence-electron chi connectivity index (χ3n) is 7.53. The molecule has 4 nitrogen and oxygen atoms in total. The summed E-state index contributed by atoms with van der Waals surface area (Å²) in [6.45, 7) is 8.47. The molecule has 0 bridgehead atoms. The van der Waals surface area contributed by atoms with Crippen molar-refractivity contribution in [2.45, 2.75) is 69.8 Å². The van der Waals surface area contributed by atoms with E-state index in [1.165, 1.54) is 22.9 Å². The van der Waals surface area contributed by atoms with Gasteiger partial charge in [0, 0.05) is 11.7 Å². The third kappa shape index (κ3) is 5.21. The molecule has 0 heterocycles. The number of para-hydroxylation sites is 1. The van der Waals surface area contributed by atoms with Gasteiger partial charge < -0.3 is 14.9 Å². The van der Waals surface area contributed by atoms with Crippen molar-refractivity contribution in [2.75, 3.05) is 0 Å². The van der Waals surface area contributed by atoms with Gasteiger partial charge in [-0.1, -0.05) is 61.1 Å². The molecule has 5 atom stereocenters. The summed E-state index contributed by atoms with van der Waals surface area (Å²) in [6, 6.07) is 9.20. The Labute approximate surface area is 201 Å². The van der Waals surface area contributed by atoms with Gasteiger partial charge in [-0.25, -0.2) is 4.79 Å². The van der Waals surface area contributed by atoms with Crippen LogP contribution in [-0.2, 0) is 0 Å². The van der Waals surface area contributed by atoms with Crippen molar-refractivity contribution in [1.82, 2.24) is 0 Å². The summed E-state index contributed by atoms with van der Waals surface area (Å²) < 4.78 is 5.50. The van der Waals surface area contributed by atoms with Gasteiger partial charge >= 0.3 is 5.30 Å². The number of carbonyl (C=O) groups excluding carboxylic acids is 1. The molecule has 5 heteroatoms. The van der Waals surface area contributed by atoms with E-state index in [-0.39, 0.29) is 16.0 Å². The second-order valence-electron chi connectivity index (χ2n) is 9.71. The van der Waals surface area contributed by atoms with Crippen LogP contribution >= 0.6 is 11.8 Å². The van der Waals surface area contributed by atoms with E-state index in [2.05, 4.69) is 38.7 Å². The first-order valence-electron chi connectivity index (χ1n) is 11.9. The SMILES string of the molecule is C=C1/C(=C\C=C2/CCC[C@]3(C)C([C@H](C)SC(=O)Oc4ccccc4)=CCC23)C[C@@H](O)C[C@@H]1O. The summed E-state index contributed by atoms with van der Waals surface area (Å²) >= 11 is 1.26. The number of ether oxygens (including phenoxy) is 1. The minimum absolute atomic E-state index is 0.0324. The first kappa shape index (κ1) is 24.1. The molecule has 1 aromatic rings. The van der Waals surface area contributed by atoms with E-state index in [9.17, 15) is 15.0 Å². The lowest BCUT2D eigenvalue weighted by molar-refractivity contribution is 0.0862. The van der Waals surface area contributed by atoms with E-state index in [1.807, 2.05) is 18.2 Å². The zero-order valence-electron chi connectivity index (χ0n) is 19.5. The molecule has 2 fully saturated rings. The number of allylic oxidation sites excluding steroid dienone is 4. The van der Waals surface area contributed by atoms with Crippen LogP contribution in [0.25, 0.3) is 0 Å². The maximum atomic E-state index is 12.5. The lowest BCUT2D eigenvalue weighted by Gasteiger charge is -2.42. The Kier molecular flexibility index (Phi) is 7.32. The van der Waals surface area contributed by atoms with E-state index in [0.717, 1.165) is 36.8 Å². The summed E-state index contributed by atoms with van der Waals surface area (Å²) in [4.78, 5) is 12.5. The topological polar surface area (TPSA) is 66.8 Å². The first-order valence-corrected chi connectivity index (χ1v) is 12.7. The average Bonchev–Trinajstić information content (AvgIpc) is 3.13. The molecule has 2 N–H and O–H groups in total. The van der Waals surface area contributed by atoms with Gasteiger partial charge in [0.2, 0.25) is 0 Å². The molecule has 0 spiro atoms. The number of thioether (sulfide) groups is 1. The molecule has 0 aromatic heterocycles. The van der Waals surface area contributed by atoms with Crippen LogP contribution in [0.1, 0.15) is 52.4 Å². The number of carbonyl (C=O) groups is 1. The van der Waals surface area contributed by atoms with Gasteiger partial charge in [0.15, 0.2) is 0 Å². The lowest BCUT2D eigenvalue weighted by atomic mass is 9.64. The molecular weight excluding hydrogens is 432 g/mol. The molecule has 0 amide bonds. The monoisotopic (exact) mass is 466 g/mol. The Morgan fingerprint density at radius 1 is 1.27 bits per heavy atom. The smallest absolute Gasteiger partial charge is 0.373 e. The Bertz CT molecular complexity index is 992. The molecule has 1 unspecified atom stereocenters. The molecule has 4 rings (SSSR count). The molecule has 3 aliphatic carbocycles. The number of rotatable bonds is 4. The average molecular weight is 467 g/mol. The molecule has 3 aliphatic rings. The van der Waals surface area contributed by atoms with Crippen LogP contribution in [0.4, 0.5) is 4.79 Å². The summed E-state index contributed by atoms with van der Waals surface area (Å²) in [5.74, 6) is 0.986. The Hall–Kier alpha value is -2.08. The highest BCUT2D eigenvalue weighted by molar-refractivity contribution is 8.14. The minimum atomic E-state index is -0.664. The fourth-order valence-corrected chi connectivity index (χ4v) is 6.69. The fourth-order valence-electron chi connectivity index (χ4n) is 5.76. The number of hydrogen-bond donors (Lipinski definition) is 2. The summed E-state index contributed by atoms with van der Waals surface area (Å²) in [5.41, 5.74) is 4.45. The second-order valence-corrected chi connectivity index (χ2v) is 11.0. The van der Waals surface area contributed by atoms with Crippen molar-refractivity contribution in [3.63, 3.8) is 0 Å². The highest BCUT2D eigenvalue weighted by Crippen LogP contribution is 2.56. The molecular formula is C28H34O4S. The van der Waals surface area contributed by atoms with Crippen molar-refractivity contribution in [1.29, 1.82) is 0 Å². The zero-order chi connectivity index (χ0) is 23.6. The molecule has 1 aromatic carbocycles. The lowest BCUT2D eigenvalue weighted by Crippen LogP contribution is -2.33. The third-order valence-corrected chi connectivity index (χ3v) is 8.41. The molecule has 33 heavy (non-hydrogen) atoms. The highest BCUT2D eigenvalue weighted by atomic mass is 32.2. The standard InChI is InChI=1S/C28H34O4S/c1-18-21(16-22(29)17-26(18)30)12-11-20-8-7-15-28(3)24(13-14-25(20)28)19(2)33-27(31)32-23-9-5-4-6-10-23/h4-6,9-13,19,22,25-26,29-30H,1,7-8,14-17H2,2-3H3/b20-11+,21-12-/t19-,22+,25?,26-,28+/m0/s1. The van der Waals surface area contributed by atoms with E-state index >= 15 is 0 Å². The van der Waals surface area contributed by atoms with E-state index in [4.69, 9.17) is 4.74 Å². The predicted molar refractivity (Wildman–Crippen MR) is 134 cm³/mol. The van der Waals surface area contributed by atoms with Crippen LogP contribution in [0.15, 0.2) is 77.4 Å². The maximum Gasteiger partial charge on any atom is 0.373 e. The summed E-state index contributed by atoms with van der Waals surface area (Å²) in [7, 11) is 0. The number of aliphatic hydroxyl groups excluding tert-OH is 2. The Morgan fingerprint density at radius 3 is 2.79 bits per heavy atom. The first-order chi connectivity index (χ1) is 15.8. The normalized spacial score (nSPS) is 33.0. The van der Waals surface area contributed by atoms with Crippen LogP contribution in [-0.4, -0.2) is 33.0 Å². The number of benzene rings is 1. The molecule has 0 radical (unpaired) electrons. The van der Waals surface area contributed by atoms with Gasteiger partial charge in [0.1, 0.15) is 5.75 Å². The van der Waals surface area contributed by atoms with Crippen LogP contribution in [0.3, 0.4) is 0 Å². The Balaban J connectivity index is 1.45. The van der Waals surface area contributed by atoms with Gasteiger partial charge in [-0.3, -0.25) is 0 Å². The number of hydrogen-bond acceptors (Lipinski definition) is 5. The minimum Gasteiger partial charge on any atom is -0.418 e. The second kappa shape index (κ2) is 10.0. The van der Waals surface area contributed by atoms with Gasteiger partial charge in [0.25, 0.3) is 0 Å². The fraction of sp³-hybridized carbons (Fsp3) is 0.464. The molecule has 0 aliphatic heterocycles. The van der Waals surface area contributed by atoms with E-state index < -0.39 is 12.2 Å². The molecule has 2 saturated carbocycles. The maximum absolute atomic E-state index is 12.5. The predicted octanol–water partition coefficient (Wildman–Crippen LogP) is 6.37. The van der Waals surface area contributed by atoms with Gasteiger partial charge in [-0.05, 0) is 85.4 Å². The van der Waals surface area contributed by atoms with Crippen molar-refractivity contribution in [3.05, 3.63) is 77.4 Å². The molecule has 176 valence electrons. The van der Waals surface area contributed by atoms with Crippen molar-refractivity contribution < 1.29 is 19.7 Å². The number of aliphatic hydroxyl groups is 2. The zero-order valence-corrected chi connectivity index (χ0v) is 20.3. The van der Waals surface area contributed by atoms with Gasteiger partial charge in [-0.15, -0.1) is 0 Å². The number of fused-ring (bicyclic) bond motifs is 1. The van der Waals surface area contributed by atoms with Crippen LogP contribution in [0.2, 0.25) is 0 Å². The molecule has 0 saturated heterocycles. The van der Waals surface area contributed by atoms with Crippen LogP contribution < -0.4 is 4.74 Å². The summed E-state index contributed by atoms with van der Waals surface area (Å²) in [6.07, 6.45) is 10.6. The van der Waals surface area contributed by atoms with Crippen LogP contribution in [0.5, 0.6) is 5.75 Å². The quantitative estimate of drug-likeness (QED) is 0.399. The van der Waals surface area contributed by atoms with Gasteiger partial charge in [0.05, 0.1) is 12.2 Å².